The molecule has 0 aliphatic heterocycles. The van der Waals surface area contributed by atoms with E-state index in [1.807, 2.05) is 0 Å². The summed E-state index contributed by atoms with van der Waals surface area (Å²) in [7, 11) is 1.35. The number of carbonyl (C=O) groups is 2. The largest absolute Gasteiger partial charge is 0.469 e. The van der Waals surface area contributed by atoms with Gasteiger partial charge in [0.2, 0.25) is 0 Å². The van der Waals surface area contributed by atoms with Gasteiger partial charge in [-0.2, -0.15) is 0 Å². The first kappa shape index (κ1) is 28.8. The Hall–Kier alpha value is -1.22. The van der Waals surface area contributed by atoms with Crippen LogP contribution in [0.1, 0.15) is 64.7 Å². The van der Waals surface area contributed by atoms with E-state index in [0.717, 1.165) is 12.8 Å². The van der Waals surface area contributed by atoms with E-state index in [1.54, 1.807) is 0 Å². The van der Waals surface area contributed by atoms with Gasteiger partial charge in [0.15, 0.2) is 0 Å². The monoisotopic (exact) mass is 434 g/mol. The molecule has 0 bridgehead atoms. The van der Waals surface area contributed by atoms with Gasteiger partial charge in [-0.15, -0.1) is 0 Å². The van der Waals surface area contributed by atoms with Crippen LogP contribution in [-0.2, 0) is 38.0 Å². The quantitative estimate of drug-likeness (QED) is 0.179. The van der Waals surface area contributed by atoms with Crippen molar-refractivity contribution in [3.05, 3.63) is 0 Å². The highest BCUT2D eigenvalue weighted by Crippen LogP contribution is 2.08. The van der Waals surface area contributed by atoms with Crippen LogP contribution >= 0.6 is 0 Å². The van der Waals surface area contributed by atoms with Crippen LogP contribution in [0.2, 0.25) is 0 Å². The summed E-state index contributed by atoms with van der Waals surface area (Å²) >= 11 is 0. The van der Waals surface area contributed by atoms with Gasteiger partial charge in [0.1, 0.15) is 6.61 Å². The molecular formula is C22H42O8. The maximum absolute atomic E-state index is 11.6. The summed E-state index contributed by atoms with van der Waals surface area (Å²) in [5.74, 6) is -0.428. The minimum absolute atomic E-state index is 0.144. The topological polar surface area (TPSA) is 89.5 Å². The fourth-order valence-corrected chi connectivity index (χ4v) is 2.53. The molecule has 0 radical (unpaired) electrons. The van der Waals surface area contributed by atoms with E-state index < -0.39 is 0 Å². The standard InChI is InChI=1S/C22H42O8/c1-3-4-5-6-7-8-9-10-22(24)30-20-19-29-18-17-28-16-15-27-14-13-26-12-11-21(23)25-2/h3-20H2,1-2H3. The Bertz CT molecular complexity index is 389. The van der Waals surface area contributed by atoms with Crippen LogP contribution in [0, 0.1) is 0 Å². The van der Waals surface area contributed by atoms with Gasteiger partial charge in [0.25, 0.3) is 0 Å². The maximum atomic E-state index is 11.6. The zero-order valence-corrected chi connectivity index (χ0v) is 19.0. The van der Waals surface area contributed by atoms with Crippen molar-refractivity contribution >= 4 is 11.9 Å². The Kier molecular flexibility index (Phi) is 23.1. The molecule has 0 rings (SSSR count). The Morgan fingerprint density at radius 3 is 1.53 bits per heavy atom. The van der Waals surface area contributed by atoms with Crippen molar-refractivity contribution < 1.29 is 38.0 Å². The van der Waals surface area contributed by atoms with Crippen LogP contribution in [-0.4, -0.2) is 78.5 Å². The average Bonchev–Trinajstić information content (AvgIpc) is 2.75. The lowest BCUT2D eigenvalue weighted by molar-refractivity contribution is -0.145. The van der Waals surface area contributed by atoms with Gasteiger partial charge in [-0.1, -0.05) is 45.4 Å². The zero-order chi connectivity index (χ0) is 22.1. The molecule has 8 heteroatoms. The molecule has 0 atom stereocenters. The summed E-state index contributed by atoms with van der Waals surface area (Å²) in [6.45, 7) is 5.94. The van der Waals surface area contributed by atoms with Crippen LogP contribution in [0.3, 0.4) is 0 Å². The van der Waals surface area contributed by atoms with Gasteiger partial charge in [-0.25, -0.2) is 0 Å². The van der Waals surface area contributed by atoms with Crippen molar-refractivity contribution in [1.82, 2.24) is 0 Å². The molecule has 0 unspecified atom stereocenters. The van der Waals surface area contributed by atoms with Crippen molar-refractivity contribution in [2.75, 3.05) is 66.6 Å². The lowest BCUT2D eigenvalue weighted by atomic mass is 10.1. The number of ether oxygens (including phenoxy) is 6. The third kappa shape index (κ3) is 23.1. The Labute approximate surface area is 181 Å². The molecule has 178 valence electrons. The summed E-state index contributed by atoms with van der Waals surface area (Å²) in [5.41, 5.74) is 0. The lowest BCUT2D eigenvalue weighted by Gasteiger charge is -2.08. The normalized spacial score (nSPS) is 10.9. The molecule has 0 spiro atoms. The summed E-state index contributed by atoms with van der Waals surface area (Å²) < 4.78 is 31.0. The van der Waals surface area contributed by atoms with Gasteiger partial charge in [-0.3, -0.25) is 9.59 Å². The Balaban J connectivity index is 3.15. The van der Waals surface area contributed by atoms with E-state index in [9.17, 15) is 9.59 Å². The number of rotatable bonds is 23. The van der Waals surface area contributed by atoms with Crippen LogP contribution in [0.15, 0.2) is 0 Å². The number of methoxy groups -OCH3 is 1. The van der Waals surface area contributed by atoms with E-state index in [-0.39, 0.29) is 25.0 Å². The summed E-state index contributed by atoms with van der Waals surface area (Å²) in [4.78, 5) is 22.5. The highest BCUT2D eigenvalue weighted by Gasteiger charge is 2.02. The molecule has 0 fully saturated rings. The van der Waals surface area contributed by atoms with Crippen molar-refractivity contribution in [3.63, 3.8) is 0 Å². The summed E-state index contributed by atoms with van der Waals surface area (Å²) in [6.07, 6.45) is 9.06. The molecule has 0 aliphatic carbocycles. The highest BCUT2D eigenvalue weighted by molar-refractivity contribution is 5.69. The highest BCUT2D eigenvalue weighted by atomic mass is 16.6. The molecule has 0 aromatic rings. The molecule has 0 aliphatic rings. The fraction of sp³-hybridized carbons (Fsp3) is 0.909. The molecule has 0 N–H and O–H groups in total. The number of unbranched alkanes of at least 4 members (excludes halogenated alkanes) is 6. The number of carbonyl (C=O) groups excluding carboxylic acids is 2. The van der Waals surface area contributed by atoms with Gasteiger partial charge in [-0.05, 0) is 6.42 Å². The van der Waals surface area contributed by atoms with Gasteiger partial charge in [0.05, 0.1) is 66.4 Å². The van der Waals surface area contributed by atoms with E-state index in [1.165, 1.54) is 39.2 Å². The van der Waals surface area contributed by atoms with E-state index >= 15 is 0 Å². The van der Waals surface area contributed by atoms with Crippen molar-refractivity contribution in [3.8, 4) is 0 Å². The van der Waals surface area contributed by atoms with Crippen molar-refractivity contribution in [2.45, 2.75) is 64.7 Å². The van der Waals surface area contributed by atoms with Crippen LogP contribution in [0.25, 0.3) is 0 Å². The van der Waals surface area contributed by atoms with Gasteiger partial charge < -0.3 is 28.4 Å². The van der Waals surface area contributed by atoms with Gasteiger partial charge in [0, 0.05) is 6.42 Å². The maximum Gasteiger partial charge on any atom is 0.307 e. The van der Waals surface area contributed by atoms with E-state index in [0.29, 0.717) is 59.3 Å². The number of hydrogen-bond donors (Lipinski definition) is 0. The SMILES string of the molecule is CCCCCCCCCC(=O)OCCOCCOCCOCCOCCC(=O)OC. The zero-order valence-electron chi connectivity index (χ0n) is 19.0. The molecule has 30 heavy (non-hydrogen) atoms. The molecule has 0 amide bonds. The second-order valence-corrected chi connectivity index (χ2v) is 6.87. The molecular weight excluding hydrogens is 392 g/mol. The first-order valence-corrected chi connectivity index (χ1v) is 11.2. The van der Waals surface area contributed by atoms with Crippen molar-refractivity contribution in [1.29, 1.82) is 0 Å². The lowest BCUT2D eigenvalue weighted by Crippen LogP contribution is -2.14. The molecule has 0 aromatic heterocycles. The Morgan fingerprint density at radius 2 is 1.00 bits per heavy atom. The smallest absolute Gasteiger partial charge is 0.307 e. The number of hydrogen-bond acceptors (Lipinski definition) is 8. The second kappa shape index (κ2) is 24.1. The minimum atomic E-state index is -0.284. The molecule has 0 saturated heterocycles. The van der Waals surface area contributed by atoms with Gasteiger partial charge >= 0.3 is 11.9 Å². The van der Waals surface area contributed by atoms with Crippen LogP contribution in [0.5, 0.6) is 0 Å². The molecule has 0 aromatic carbocycles. The third-order valence-corrected chi connectivity index (χ3v) is 4.27. The van der Waals surface area contributed by atoms with E-state index in [4.69, 9.17) is 23.7 Å². The molecule has 0 heterocycles. The second-order valence-electron chi connectivity index (χ2n) is 6.87. The minimum Gasteiger partial charge on any atom is -0.469 e. The average molecular weight is 435 g/mol. The summed E-state index contributed by atoms with van der Waals surface area (Å²) in [6, 6.07) is 0. The fourth-order valence-electron chi connectivity index (χ4n) is 2.53. The first-order valence-electron chi connectivity index (χ1n) is 11.2. The summed E-state index contributed by atoms with van der Waals surface area (Å²) in [5, 5.41) is 0. The van der Waals surface area contributed by atoms with Crippen LogP contribution < -0.4 is 0 Å². The first-order chi connectivity index (χ1) is 14.7. The predicted octanol–water partition coefficient (Wildman–Crippen LogP) is 3.30. The van der Waals surface area contributed by atoms with E-state index in [2.05, 4.69) is 11.7 Å². The molecule has 0 saturated carbocycles. The molecule has 8 nitrogen and oxygen atoms in total. The van der Waals surface area contributed by atoms with Crippen molar-refractivity contribution in [2.24, 2.45) is 0 Å². The number of esters is 2. The van der Waals surface area contributed by atoms with Crippen LogP contribution in [0.4, 0.5) is 0 Å². The predicted molar refractivity (Wildman–Crippen MR) is 113 cm³/mol. The third-order valence-electron chi connectivity index (χ3n) is 4.27. The Morgan fingerprint density at radius 1 is 0.533 bits per heavy atom.